The van der Waals surface area contributed by atoms with Gasteiger partial charge in [0.05, 0.1) is 5.71 Å². The molecule has 0 spiro atoms. The van der Waals surface area contributed by atoms with Crippen molar-refractivity contribution >= 4 is 22.8 Å². The molecule has 134 valence electrons. The van der Waals surface area contributed by atoms with Crippen LogP contribution in [0.1, 0.15) is 12.5 Å². The van der Waals surface area contributed by atoms with Gasteiger partial charge < -0.3 is 5.11 Å². The predicted molar refractivity (Wildman–Crippen MR) is 99.7 cm³/mol. The average molecular weight is 354 g/mol. The summed E-state index contributed by atoms with van der Waals surface area (Å²) in [6.07, 6.45) is 1.62. The van der Waals surface area contributed by atoms with Crippen LogP contribution < -0.4 is 16.7 Å². The molecule has 2 heterocycles. The van der Waals surface area contributed by atoms with Crippen molar-refractivity contribution in [3.8, 4) is 5.75 Å². The maximum atomic E-state index is 12.2. The molecule has 0 bridgehead atoms. The Morgan fingerprint density at radius 2 is 2.08 bits per heavy atom. The molecule has 0 atom stereocenters. The Morgan fingerprint density at radius 1 is 1.38 bits per heavy atom. The van der Waals surface area contributed by atoms with Gasteiger partial charge >= 0.3 is 5.69 Å². The summed E-state index contributed by atoms with van der Waals surface area (Å²) in [5.74, 6) is 0.479. The SMILES string of the molecule is C=CCn1c(N/N=C(\C)c2ccc(O)cc2)nc2c1c(=O)[nH]c(=O)n2C. The molecular formula is C17H18N6O3. The van der Waals surface area contributed by atoms with Gasteiger partial charge in [-0.25, -0.2) is 10.2 Å². The number of hydrogen-bond acceptors (Lipinski definition) is 6. The van der Waals surface area contributed by atoms with Crippen LogP contribution >= 0.6 is 0 Å². The second kappa shape index (κ2) is 6.71. The molecule has 0 unspecified atom stereocenters. The lowest BCUT2D eigenvalue weighted by Gasteiger charge is -2.06. The number of H-pyrrole nitrogens is 1. The molecule has 0 aliphatic carbocycles. The second-order valence-corrected chi connectivity index (χ2v) is 5.68. The van der Waals surface area contributed by atoms with Gasteiger partial charge in [-0.05, 0) is 36.8 Å². The number of nitrogens with zero attached hydrogens (tertiary/aromatic N) is 4. The van der Waals surface area contributed by atoms with Crippen LogP contribution in [0.2, 0.25) is 0 Å². The average Bonchev–Trinajstić information content (AvgIpc) is 2.98. The first-order valence-corrected chi connectivity index (χ1v) is 7.82. The standard InChI is InChI=1S/C17H18N6O3/c1-4-9-23-13-14(22(3)17(26)19-15(13)25)18-16(23)21-20-10(2)11-5-7-12(24)8-6-11/h4-8,24H,1,9H2,2-3H3,(H,18,21)(H,19,25,26)/b20-10+. The van der Waals surface area contributed by atoms with E-state index in [1.165, 1.54) is 11.6 Å². The van der Waals surface area contributed by atoms with Gasteiger partial charge in [0.2, 0.25) is 5.95 Å². The van der Waals surface area contributed by atoms with E-state index in [9.17, 15) is 14.7 Å². The van der Waals surface area contributed by atoms with Crippen LogP contribution in [-0.2, 0) is 13.6 Å². The third-order valence-electron chi connectivity index (χ3n) is 3.93. The predicted octanol–water partition coefficient (Wildman–Crippen LogP) is 1.15. The lowest BCUT2D eigenvalue weighted by molar-refractivity contribution is 0.475. The Hall–Kier alpha value is -3.62. The molecule has 0 amide bonds. The highest BCUT2D eigenvalue weighted by Crippen LogP contribution is 2.16. The van der Waals surface area contributed by atoms with Crippen molar-refractivity contribution in [1.82, 2.24) is 19.1 Å². The Labute approximate surface area is 147 Å². The summed E-state index contributed by atoms with van der Waals surface area (Å²) in [5.41, 5.74) is 3.75. The van der Waals surface area contributed by atoms with Crippen LogP contribution in [0, 0.1) is 0 Å². The van der Waals surface area contributed by atoms with Crippen LogP contribution in [0.5, 0.6) is 5.75 Å². The number of rotatable bonds is 5. The zero-order chi connectivity index (χ0) is 18.8. The molecule has 0 saturated carbocycles. The van der Waals surface area contributed by atoms with E-state index in [2.05, 4.69) is 27.1 Å². The minimum absolute atomic E-state index is 0.169. The Morgan fingerprint density at radius 3 is 2.73 bits per heavy atom. The van der Waals surface area contributed by atoms with Gasteiger partial charge in [0.25, 0.3) is 5.56 Å². The first kappa shape index (κ1) is 17.2. The number of nitrogens with one attached hydrogen (secondary N) is 2. The molecule has 0 radical (unpaired) electrons. The topological polar surface area (TPSA) is 117 Å². The van der Waals surface area contributed by atoms with Gasteiger partial charge in [0, 0.05) is 13.6 Å². The number of hydrogen-bond donors (Lipinski definition) is 3. The van der Waals surface area contributed by atoms with Crippen LogP contribution in [0.4, 0.5) is 5.95 Å². The number of phenols is 1. The number of aromatic hydroxyl groups is 1. The van der Waals surface area contributed by atoms with E-state index in [-0.39, 0.29) is 16.9 Å². The number of hydrazone groups is 1. The molecule has 9 nitrogen and oxygen atoms in total. The monoisotopic (exact) mass is 354 g/mol. The van der Waals surface area contributed by atoms with Crippen LogP contribution in [-0.4, -0.2) is 29.9 Å². The van der Waals surface area contributed by atoms with E-state index >= 15 is 0 Å². The number of anilines is 1. The lowest BCUT2D eigenvalue weighted by Crippen LogP contribution is -2.29. The van der Waals surface area contributed by atoms with E-state index in [0.717, 1.165) is 5.56 Å². The fraction of sp³-hybridized carbons (Fsp3) is 0.176. The third-order valence-corrected chi connectivity index (χ3v) is 3.93. The third kappa shape index (κ3) is 3.02. The zero-order valence-corrected chi connectivity index (χ0v) is 14.4. The number of phenolic OH excluding ortho intramolecular Hbond substituents is 1. The first-order valence-electron chi connectivity index (χ1n) is 7.82. The molecule has 1 aromatic carbocycles. The number of benzene rings is 1. The molecule has 0 fully saturated rings. The van der Waals surface area contributed by atoms with Crippen LogP contribution in [0.15, 0.2) is 51.6 Å². The number of imidazole rings is 1. The number of allylic oxidation sites excluding steroid dienone is 1. The highest BCUT2D eigenvalue weighted by Gasteiger charge is 2.16. The summed E-state index contributed by atoms with van der Waals surface area (Å²) in [4.78, 5) is 30.6. The van der Waals surface area contributed by atoms with Crippen molar-refractivity contribution in [2.45, 2.75) is 13.5 Å². The molecule has 2 aromatic heterocycles. The van der Waals surface area contributed by atoms with Gasteiger partial charge in [-0.1, -0.05) is 6.08 Å². The van der Waals surface area contributed by atoms with Crippen molar-refractivity contribution in [3.05, 3.63) is 63.3 Å². The smallest absolute Gasteiger partial charge is 0.329 e. The highest BCUT2D eigenvalue weighted by atomic mass is 16.3. The van der Waals surface area contributed by atoms with Gasteiger partial charge in [-0.3, -0.25) is 18.9 Å². The summed E-state index contributed by atoms with van der Waals surface area (Å²) in [6, 6.07) is 6.60. The first-order chi connectivity index (χ1) is 12.4. The van der Waals surface area contributed by atoms with Crippen molar-refractivity contribution < 1.29 is 5.11 Å². The molecule has 3 N–H and O–H groups in total. The minimum Gasteiger partial charge on any atom is -0.508 e. The normalized spacial score (nSPS) is 11.7. The maximum absolute atomic E-state index is 12.2. The van der Waals surface area contributed by atoms with Crippen molar-refractivity contribution in [3.63, 3.8) is 0 Å². The summed E-state index contributed by atoms with van der Waals surface area (Å²) in [6.45, 7) is 5.79. The molecule has 3 aromatic rings. The lowest BCUT2D eigenvalue weighted by atomic mass is 10.1. The summed E-state index contributed by atoms with van der Waals surface area (Å²) >= 11 is 0. The fourth-order valence-electron chi connectivity index (χ4n) is 2.53. The van der Waals surface area contributed by atoms with E-state index in [1.54, 1.807) is 41.8 Å². The van der Waals surface area contributed by atoms with Gasteiger partial charge in [-0.2, -0.15) is 10.1 Å². The van der Waals surface area contributed by atoms with E-state index < -0.39 is 11.2 Å². The maximum Gasteiger partial charge on any atom is 0.329 e. The number of aromatic amines is 1. The molecule has 0 saturated heterocycles. The quantitative estimate of drug-likeness (QED) is 0.361. The largest absolute Gasteiger partial charge is 0.508 e. The summed E-state index contributed by atoms with van der Waals surface area (Å²) < 4.78 is 2.85. The van der Waals surface area contributed by atoms with Crippen molar-refractivity contribution in [1.29, 1.82) is 0 Å². The van der Waals surface area contributed by atoms with Gasteiger partial charge in [-0.15, -0.1) is 6.58 Å². The highest BCUT2D eigenvalue weighted by molar-refractivity contribution is 5.99. The van der Waals surface area contributed by atoms with Crippen molar-refractivity contribution in [2.75, 3.05) is 5.43 Å². The van der Waals surface area contributed by atoms with Crippen molar-refractivity contribution in [2.24, 2.45) is 12.1 Å². The molecule has 26 heavy (non-hydrogen) atoms. The van der Waals surface area contributed by atoms with Crippen LogP contribution in [0.25, 0.3) is 11.2 Å². The van der Waals surface area contributed by atoms with Gasteiger partial charge in [0.1, 0.15) is 5.75 Å². The molecule has 9 heteroatoms. The summed E-state index contributed by atoms with van der Waals surface area (Å²) in [5, 5.41) is 13.6. The molecule has 3 rings (SSSR count). The number of aromatic nitrogens is 4. The fourth-order valence-corrected chi connectivity index (χ4v) is 2.53. The number of fused-ring (bicyclic) bond motifs is 1. The van der Waals surface area contributed by atoms with Crippen LogP contribution in [0.3, 0.4) is 0 Å². The van der Waals surface area contributed by atoms with E-state index in [4.69, 9.17) is 0 Å². The minimum atomic E-state index is -0.541. The Kier molecular flexibility index (Phi) is 4.44. The van der Waals surface area contributed by atoms with E-state index in [1.807, 2.05) is 0 Å². The second-order valence-electron chi connectivity index (χ2n) is 5.68. The Balaban J connectivity index is 2.07. The number of aryl methyl sites for hydroxylation is 1. The zero-order valence-electron chi connectivity index (χ0n) is 14.4. The molecular weight excluding hydrogens is 336 g/mol. The van der Waals surface area contributed by atoms with Gasteiger partial charge in [0.15, 0.2) is 11.2 Å². The molecule has 0 aliphatic rings. The summed E-state index contributed by atoms with van der Waals surface area (Å²) in [7, 11) is 1.53. The van der Waals surface area contributed by atoms with E-state index in [0.29, 0.717) is 18.2 Å². The Bertz CT molecular complexity index is 1120. The molecule has 0 aliphatic heterocycles.